The first kappa shape index (κ1) is 25.2. The van der Waals surface area contributed by atoms with E-state index in [1.807, 2.05) is 30.3 Å². The zero-order valence-corrected chi connectivity index (χ0v) is 24.0. The summed E-state index contributed by atoms with van der Waals surface area (Å²) in [5.41, 5.74) is 4.39. The Hall–Kier alpha value is -3.52. The largest absolute Gasteiger partial charge is 0.489 e. The second kappa shape index (κ2) is 10.1. The number of rotatable bonds is 8. The van der Waals surface area contributed by atoms with Gasteiger partial charge < -0.3 is 14.4 Å². The Kier molecular flexibility index (Phi) is 6.20. The summed E-state index contributed by atoms with van der Waals surface area (Å²) in [5, 5.41) is 19.9. The van der Waals surface area contributed by atoms with Crippen LogP contribution in [0.25, 0.3) is 22.2 Å². The Bertz CT molecular complexity index is 1860. The van der Waals surface area contributed by atoms with Crippen LogP contribution in [0, 0.1) is 0 Å². The molecule has 2 aliphatic rings. The van der Waals surface area contributed by atoms with Gasteiger partial charge in [0.05, 0.1) is 22.5 Å². The van der Waals surface area contributed by atoms with E-state index in [1.54, 1.807) is 36.0 Å². The van der Waals surface area contributed by atoms with Crippen LogP contribution in [0.2, 0.25) is 15.1 Å². The standard InChI is InChI=1S/C31H24Cl3N3O4/c1-37-26-11-16(7-9-19(26)29(35-37)31(38)39)20-13-21(20)18-10-8-17(12-25(18)34)40-14-22-28(36-41-30(22)15-5-6-15)27-23(32)3-2-4-24(27)33/h2-4,7-12,15,20-21H,5-6,13-14H2,1H3,(H,38,39)/t20-,21-/m1/s1/i14D/t14?,20-,21-. The number of aromatic nitrogens is 3. The summed E-state index contributed by atoms with van der Waals surface area (Å²) in [6.07, 6.45) is 2.84. The summed E-state index contributed by atoms with van der Waals surface area (Å²) in [4.78, 5) is 11.5. The minimum Gasteiger partial charge on any atom is -0.489 e. The summed E-state index contributed by atoms with van der Waals surface area (Å²) in [7, 11) is 1.75. The van der Waals surface area contributed by atoms with Gasteiger partial charge in [0.15, 0.2) is 5.69 Å². The van der Waals surface area contributed by atoms with Crippen molar-refractivity contribution in [2.24, 2.45) is 7.05 Å². The highest BCUT2D eigenvalue weighted by Crippen LogP contribution is 2.56. The lowest BCUT2D eigenvalue weighted by Crippen LogP contribution is -2.00. The quantitative estimate of drug-likeness (QED) is 0.189. The number of hydrogen-bond acceptors (Lipinski definition) is 5. The van der Waals surface area contributed by atoms with E-state index in [0.717, 1.165) is 35.9 Å². The van der Waals surface area contributed by atoms with Crippen LogP contribution < -0.4 is 4.74 Å². The maximum absolute atomic E-state index is 11.5. The Labute approximate surface area is 252 Å². The van der Waals surface area contributed by atoms with Gasteiger partial charge in [-0.05, 0) is 72.6 Å². The van der Waals surface area contributed by atoms with E-state index in [4.69, 9.17) is 45.4 Å². The number of carboxylic acid groups (broad SMARTS) is 1. The van der Waals surface area contributed by atoms with E-state index in [0.29, 0.717) is 48.8 Å². The molecule has 0 bridgehead atoms. The molecule has 0 aliphatic heterocycles. The molecule has 0 amide bonds. The molecule has 0 saturated heterocycles. The van der Waals surface area contributed by atoms with E-state index in [2.05, 4.69) is 10.3 Å². The van der Waals surface area contributed by atoms with Crippen LogP contribution in [-0.2, 0) is 13.6 Å². The van der Waals surface area contributed by atoms with Gasteiger partial charge >= 0.3 is 5.97 Å². The van der Waals surface area contributed by atoms with E-state index in [9.17, 15) is 9.90 Å². The first-order valence-electron chi connectivity index (χ1n) is 13.8. The minimum absolute atomic E-state index is 0.0512. The van der Waals surface area contributed by atoms with Gasteiger partial charge in [-0.25, -0.2) is 4.79 Å². The van der Waals surface area contributed by atoms with Gasteiger partial charge in [-0.1, -0.05) is 64.2 Å². The van der Waals surface area contributed by atoms with Crippen LogP contribution >= 0.6 is 34.8 Å². The number of hydrogen-bond donors (Lipinski definition) is 1. The van der Waals surface area contributed by atoms with Crippen LogP contribution in [0.3, 0.4) is 0 Å². The van der Waals surface area contributed by atoms with Crippen molar-refractivity contribution in [3.05, 3.63) is 97.8 Å². The number of nitrogens with zero attached hydrogens (tertiary/aromatic N) is 3. The second-order valence-corrected chi connectivity index (χ2v) is 11.8. The number of aromatic carboxylic acids is 1. The zero-order chi connectivity index (χ0) is 29.3. The fourth-order valence-electron chi connectivity index (χ4n) is 5.55. The van der Waals surface area contributed by atoms with Crippen molar-refractivity contribution in [3.63, 3.8) is 0 Å². The smallest absolute Gasteiger partial charge is 0.357 e. The summed E-state index contributed by atoms with van der Waals surface area (Å²) in [6, 6.07) is 16.5. The third-order valence-corrected chi connectivity index (χ3v) is 8.84. The number of carboxylic acids is 1. The van der Waals surface area contributed by atoms with Crippen molar-refractivity contribution >= 4 is 51.7 Å². The molecule has 208 valence electrons. The molecule has 2 aromatic heterocycles. The van der Waals surface area contributed by atoms with Crippen molar-refractivity contribution in [2.75, 3.05) is 0 Å². The molecule has 41 heavy (non-hydrogen) atoms. The lowest BCUT2D eigenvalue weighted by Gasteiger charge is -2.11. The molecule has 7 nitrogen and oxygen atoms in total. The zero-order valence-electron chi connectivity index (χ0n) is 22.8. The van der Waals surface area contributed by atoms with Gasteiger partial charge in [0, 0.05) is 28.9 Å². The predicted octanol–water partition coefficient (Wildman–Crippen LogP) is 8.61. The van der Waals surface area contributed by atoms with E-state index >= 15 is 0 Å². The molecule has 3 atom stereocenters. The molecule has 2 fully saturated rings. The van der Waals surface area contributed by atoms with E-state index in [-0.39, 0.29) is 23.4 Å². The molecular formula is C31H24Cl3N3O4. The number of fused-ring (bicyclic) bond motifs is 1. The van der Waals surface area contributed by atoms with Crippen molar-refractivity contribution in [1.29, 1.82) is 0 Å². The van der Waals surface area contributed by atoms with Crippen molar-refractivity contribution in [3.8, 4) is 17.0 Å². The molecule has 3 aromatic carbocycles. The average Bonchev–Trinajstić information content (AvgIpc) is 3.88. The molecule has 2 heterocycles. The molecule has 1 unspecified atom stereocenters. The van der Waals surface area contributed by atoms with E-state index in [1.165, 1.54) is 0 Å². The number of halogens is 3. The Balaban J connectivity index is 1.13. The lowest BCUT2D eigenvalue weighted by atomic mass is 10.0. The summed E-state index contributed by atoms with van der Waals surface area (Å²) in [5.74, 6) is 0.711. The monoisotopic (exact) mass is 608 g/mol. The number of ether oxygens (including phenoxy) is 1. The van der Waals surface area contributed by atoms with Gasteiger partial charge in [-0.15, -0.1) is 0 Å². The van der Waals surface area contributed by atoms with Crippen molar-refractivity contribution in [2.45, 2.75) is 43.6 Å². The van der Waals surface area contributed by atoms with Gasteiger partial charge in [0.25, 0.3) is 0 Å². The lowest BCUT2D eigenvalue weighted by molar-refractivity contribution is 0.0691. The first-order chi connectivity index (χ1) is 20.2. The van der Waals surface area contributed by atoms with Crippen molar-refractivity contribution < 1.29 is 20.5 Å². The minimum atomic E-state index is -1.13. The number of carbonyl (C=O) groups is 1. The van der Waals surface area contributed by atoms with Crippen LogP contribution in [0.4, 0.5) is 0 Å². The average molecular weight is 610 g/mol. The molecule has 2 saturated carbocycles. The fourth-order valence-corrected chi connectivity index (χ4v) is 6.43. The molecule has 5 aromatic rings. The maximum Gasteiger partial charge on any atom is 0.357 e. The summed E-state index contributed by atoms with van der Waals surface area (Å²) >= 11 is 19.7. The van der Waals surface area contributed by atoms with E-state index < -0.39 is 12.6 Å². The summed E-state index contributed by atoms with van der Waals surface area (Å²) < 4.78 is 22.3. The molecule has 0 radical (unpaired) electrons. The van der Waals surface area contributed by atoms with Crippen LogP contribution in [0.5, 0.6) is 5.75 Å². The Morgan fingerprint density at radius 2 is 1.88 bits per heavy atom. The van der Waals surface area contributed by atoms with Gasteiger partial charge in [-0.2, -0.15) is 5.10 Å². The molecule has 1 N–H and O–H groups in total. The SMILES string of the molecule is [2H]C(Oc1ccc([C@H]2C[C@@H]2c2ccc3c(C(=O)O)nn(C)c3c2)c(Cl)c1)c1c(-c2c(Cl)cccc2Cl)noc1C1CC1. The Morgan fingerprint density at radius 1 is 1.10 bits per heavy atom. The normalized spacial score (nSPS) is 19.3. The fraction of sp³-hybridized carbons (Fsp3) is 0.258. The molecule has 0 spiro atoms. The number of benzene rings is 3. The van der Waals surface area contributed by atoms with Crippen LogP contribution in [0.1, 0.15) is 71.3 Å². The van der Waals surface area contributed by atoms with Gasteiger partial charge in [0.1, 0.15) is 23.8 Å². The first-order valence-corrected chi connectivity index (χ1v) is 14.4. The maximum atomic E-state index is 11.5. The topological polar surface area (TPSA) is 90.4 Å². The summed E-state index contributed by atoms with van der Waals surface area (Å²) in [6.45, 7) is -1.13. The molecular weight excluding hydrogens is 585 g/mol. The third kappa shape index (κ3) is 4.76. The second-order valence-electron chi connectivity index (χ2n) is 10.6. The highest BCUT2D eigenvalue weighted by atomic mass is 35.5. The third-order valence-electron chi connectivity index (χ3n) is 7.88. The van der Waals surface area contributed by atoms with Crippen LogP contribution in [0.15, 0.2) is 59.1 Å². The predicted molar refractivity (Wildman–Crippen MR) is 157 cm³/mol. The van der Waals surface area contributed by atoms with Crippen molar-refractivity contribution in [1.82, 2.24) is 14.9 Å². The van der Waals surface area contributed by atoms with Gasteiger partial charge in [0.2, 0.25) is 0 Å². The molecule has 2 aliphatic carbocycles. The Morgan fingerprint density at radius 3 is 2.59 bits per heavy atom. The van der Waals surface area contributed by atoms with Gasteiger partial charge in [-0.3, -0.25) is 4.68 Å². The van der Waals surface area contributed by atoms with Crippen LogP contribution in [-0.4, -0.2) is 26.0 Å². The molecule has 7 rings (SSSR count). The number of aryl methyl sites for hydroxylation is 1. The highest BCUT2D eigenvalue weighted by Gasteiger charge is 2.41. The highest BCUT2D eigenvalue weighted by molar-refractivity contribution is 6.39. The molecule has 10 heteroatoms.